The SMILES string of the molecule is O=C(Oc1ccccc1OC(=O)C1CCCCCC1)C1CCCCCC1. The molecule has 0 bridgehead atoms. The largest absolute Gasteiger partial charge is 0.422 e. The monoisotopic (exact) mass is 358 g/mol. The van der Waals surface area contributed by atoms with E-state index in [1.165, 1.54) is 25.7 Å². The van der Waals surface area contributed by atoms with Crippen LogP contribution >= 0.6 is 0 Å². The van der Waals surface area contributed by atoms with Crippen molar-refractivity contribution in [2.75, 3.05) is 0 Å². The van der Waals surface area contributed by atoms with Crippen LogP contribution < -0.4 is 9.47 Å². The number of benzene rings is 1. The van der Waals surface area contributed by atoms with Crippen molar-refractivity contribution in [2.45, 2.75) is 77.0 Å². The molecule has 0 heterocycles. The van der Waals surface area contributed by atoms with Crippen molar-refractivity contribution in [3.05, 3.63) is 24.3 Å². The summed E-state index contributed by atoms with van der Waals surface area (Å²) >= 11 is 0. The molecule has 26 heavy (non-hydrogen) atoms. The normalized spacial score (nSPS) is 20.0. The summed E-state index contributed by atoms with van der Waals surface area (Å²) in [5, 5.41) is 0. The van der Waals surface area contributed by atoms with Crippen molar-refractivity contribution in [2.24, 2.45) is 11.8 Å². The molecule has 0 atom stereocenters. The molecule has 0 N–H and O–H groups in total. The molecular weight excluding hydrogens is 328 g/mol. The molecule has 0 radical (unpaired) electrons. The highest BCUT2D eigenvalue weighted by Crippen LogP contribution is 2.32. The van der Waals surface area contributed by atoms with E-state index in [-0.39, 0.29) is 23.8 Å². The second-order valence-electron chi connectivity index (χ2n) is 7.67. The number of ether oxygens (including phenoxy) is 2. The highest BCUT2D eigenvalue weighted by molar-refractivity contribution is 5.78. The molecule has 142 valence electrons. The minimum atomic E-state index is -0.190. The smallest absolute Gasteiger partial charge is 0.314 e. The van der Waals surface area contributed by atoms with Gasteiger partial charge >= 0.3 is 11.9 Å². The molecule has 0 unspecified atom stereocenters. The predicted octanol–water partition coefficient (Wildman–Crippen LogP) is 5.44. The molecule has 3 rings (SSSR count). The average Bonchev–Trinajstić information content (AvgIpc) is 3.08. The fourth-order valence-corrected chi connectivity index (χ4v) is 4.03. The standard InChI is InChI=1S/C22H30O4/c23-21(17-11-5-1-2-6-12-17)25-19-15-9-10-16-20(19)26-22(24)18-13-7-3-4-8-14-18/h9-10,15-18H,1-8,11-14H2. The number of hydrogen-bond acceptors (Lipinski definition) is 4. The van der Waals surface area contributed by atoms with Crippen LogP contribution in [0.4, 0.5) is 0 Å². The van der Waals surface area contributed by atoms with Crippen LogP contribution in [0, 0.1) is 11.8 Å². The van der Waals surface area contributed by atoms with Gasteiger partial charge < -0.3 is 9.47 Å². The zero-order valence-electron chi connectivity index (χ0n) is 15.6. The molecule has 4 nitrogen and oxygen atoms in total. The van der Waals surface area contributed by atoms with Crippen molar-refractivity contribution in [1.29, 1.82) is 0 Å². The molecule has 2 aliphatic rings. The van der Waals surface area contributed by atoms with Gasteiger partial charge in [0.25, 0.3) is 0 Å². The number of rotatable bonds is 4. The van der Waals surface area contributed by atoms with Crippen LogP contribution in [-0.2, 0) is 9.59 Å². The van der Waals surface area contributed by atoms with Gasteiger partial charge in [0.2, 0.25) is 0 Å². The van der Waals surface area contributed by atoms with Crippen LogP contribution in [0.5, 0.6) is 11.5 Å². The Hall–Kier alpha value is -1.84. The first kappa shape index (κ1) is 18.9. The summed E-state index contributed by atoms with van der Waals surface area (Å²) in [5.41, 5.74) is 0. The molecule has 1 aromatic rings. The molecular formula is C22H30O4. The van der Waals surface area contributed by atoms with E-state index < -0.39 is 0 Å². The lowest BCUT2D eigenvalue weighted by atomic mass is 10.0. The Bertz CT molecular complexity index is 541. The lowest BCUT2D eigenvalue weighted by Crippen LogP contribution is -2.22. The summed E-state index contributed by atoms with van der Waals surface area (Å²) in [5.74, 6) is 0.272. The highest BCUT2D eigenvalue weighted by atomic mass is 16.6. The van der Waals surface area contributed by atoms with Crippen LogP contribution in [-0.4, -0.2) is 11.9 Å². The lowest BCUT2D eigenvalue weighted by molar-refractivity contribution is -0.142. The number of hydrogen-bond donors (Lipinski definition) is 0. The summed E-state index contributed by atoms with van der Waals surface area (Å²) in [6.07, 6.45) is 12.7. The van der Waals surface area contributed by atoms with Gasteiger partial charge in [0.05, 0.1) is 11.8 Å². The van der Waals surface area contributed by atoms with Crippen molar-refractivity contribution in [1.82, 2.24) is 0 Å². The molecule has 2 aliphatic carbocycles. The van der Waals surface area contributed by atoms with Gasteiger partial charge in [0, 0.05) is 0 Å². The van der Waals surface area contributed by atoms with E-state index in [1.54, 1.807) is 24.3 Å². The van der Waals surface area contributed by atoms with E-state index >= 15 is 0 Å². The lowest BCUT2D eigenvalue weighted by Gasteiger charge is -2.17. The first-order valence-electron chi connectivity index (χ1n) is 10.3. The fraction of sp³-hybridized carbons (Fsp3) is 0.636. The number of carbonyl (C=O) groups excluding carboxylic acids is 2. The van der Waals surface area contributed by atoms with Gasteiger partial charge in [0.1, 0.15) is 0 Å². The van der Waals surface area contributed by atoms with E-state index in [1.807, 2.05) is 0 Å². The molecule has 0 spiro atoms. The quantitative estimate of drug-likeness (QED) is 0.409. The molecule has 0 amide bonds. The Balaban J connectivity index is 1.63. The van der Waals surface area contributed by atoms with Gasteiger partial charge in [-0.05, 0) is 37.8 Å². The molecule has 0 saturated heterocycles. The van der Waals surface area contributed by atoms with E-state index in [4.69, 9.17) is 9.47 Å². The second-order valence-corrected chi connectivity index (χ2v) is 7.67. The van der Waals surface area contributed by atoms with E-state index in [9.17, 15) is 9.59 Å². The third-order valence-corrected chi connectivity index (χ3v) is 5.65. The summed E-state index contributed by atoms with van der Waals surface area (Å²) < 4.78 is 11.3. The van der Waals surface area contributed by atoms with Crippen LogP contribution in [0.15, 0.2) is 24.3 Å². The van der Waals surface area contributed by atoms with Crippen LogP contribution in [0.3, 0.4) is 0 Å². The summed E-state index contributed by atoms with van der Waals surface area (Å²) in [6, 6.07) is 7.03. The Morgan fingerprint density at radius 3 is 1.31 bits per heavy atom. The molecule has 1 aromatic carbocycles. The van der Waals surface area contributed by atoms with E-state index in [2.05, 4.69) is 0 Å². The number of carbonyl (C=O) groups is 2. The van der Waals surface area contributed by atoms with Crippen LogP contribution in [0.25, 0.3) is 0 Å². The maximum Gasteiger partial charge on any atom is 0.314 e. The van der Waals surface area contributed by atoms with Crippen LogP contribution in [0.2, 0.25) is 0 Å². The van der Waals surface area contributed by atoms with Crippen molar-refractivity contribution in [3.63, 3.8) is 0 Å². The number of esters is 2. The van der Waals surface area contributed by atoms with Crippen molar-refractivity contribution in [3.8, 4) is 11.5 Å². The minimum Gasteiger partial charge on any atom is -0.422 e. The Morgan fingerprint density at radius 1 is 0.615 bits per heavy atom. The van der Waals surface area contributed by atoms with Gasteiger partial charge in [0.15, 0.2) is 11.5 Å². The maximum atomic E-state index is 12.5. The topological polar surface area (TPSA) is 52.6 Å². The van der Waals surface area contributed by atoms with E-state index in [0.717, 1.165) is 51.4 Å². The van der Waals surface area contributed by atoms with Gasteiger partial charge in [-0.2, -0.15) is 0 Å². The Labute approximate surface area is 156 Å². The highest BCUT2D eigenvalue weighted by Gasteiger charge is 2.25. The molecule has 2 saturated carbocycles. The minimum absolute atomic E-state index is 0.0388. The first-order chi connectivity index (χ1) is 12.7. The Morgan fingerprint density at radius 2 is 0.962 bits per heavy atom. The summed E-state index contributed by atoms with van der Waals surface area (Å²) in [6.45, 7) is 0. The van der Waals surface area contributed by atoms with Gasteiger partial charge in [-0.1, -0.05) is 63.5 Å². The molecule has 0 aromatic heterocycles. The third-order valence-electron chi connectivity index (χ3n) is 5.65. The van der Waals surface area contributed by atoms with Gasteiger partial charge in [-0.15, -0.1) is 0 Å². The molecule has 4 heteroatoms. The Kier molecular flexibility index (Phi) is 7.10. The first-order valence-corrected chi connectivity index (χ1v) is 10.3. The number of para-hydroxylation sites is 2. The molecule has 2 fully saturated rings. The van der Waals surface area contributed by atoms with Gasteiger partial charge in [-0.25, -0.2) is 0 Å². The average molecular weight is 358 g/mol. The summed E-state index contributed by atoms with van der Waals surface area (Å²) in [4.78, 5) is 25.1. The second kappa shape index (κ2) is 9.75. The molecule has 0 aliphatic heterocycles. The fourth-order valence-electron chi connectivity index (χ4n) is 4.03. The third kappa shape index (κ3) is 5.33. The van der Waals surface area contributed by atoms with Crippen molar-refractivity contribution >= 4 is 11.9 Å². The summed E-state index contributed by atoms with van der Waals surface area (Å²) in [7, 11) is 0. The zero-order valence-corrected chi connectivity index (χ0v) is 15.6. The van der Waals surface area contributed by atoms with Crippen molar-refractivity contribution < 1.29 is 19.1 Å². The maximum absolute atomic E-state index is 12.5. The predicted molar refractivity (Wildman–Crippen MR) is 100 cm³/mol. The van der Waals surface area contributed by atoms with E-state index in [0.29, 0.717) is 11.5 Å². The van der Waals surface area contributed by atoms with Crippen LogP contribution in [0.1, 0.15) is 77.0 Å². The zero-order chi connectivity index (χ0) is 18.2. The van der Waals surface area contributed by atoms with Gasteiger partial charge in [-0.3, -0.25) is 9.59 Å².